The Morgan fingerprint density at radius 1 is 1.41 bits per heavy atom. The van der Waals surface area contributed by atoms with Crippen LogP contribution in [-0.2, 0) is 13.6 Å². The summed E-state index contributed by atoms with van der Waals surface area (Å²) in [5.41, 5.74) is 6.70. The molecule has 2 rings (SSSR count). The van der Waals surface area contributed by atoms with Crippen molar-refractivity contribution in [1.82, 2.24) is 9.55 Å². The predicted molar refractivity (Wildman–Crippen MR) is 68.6 cm³/mol. The lowest BCUT2D eigenvalue weighted by Crippen LogP contribution is -2.22. The zero-order chi connectivity index (χ0) is 12.1. The average molecular weight is 229 g/mol. The van der Waals surface area contributed by atoms with E-state index < -0.39 is 0 Å². The van der Waals surface area contributed by atoms with E-state index in [4.69, 9.17) is 5.73 Å². The molecule has 0 fully saturated rings. The third-order valence-electron chi connectivity index (χ3n) is 2.36. The Bertz CT molecular complexity index is 501. The van der Waals surface area contributed by atoms with Crippen LogP contribution in [0.1, 0.15) is 5.82 Å². The molecule has 0 aliphatic heterocycles. The molecule has 1 aromatic carbocycles. The number of aryl methyl sites for hydroxylation is 1. The second-order valence-electron chi connectivity index (χ2n) is 3.65. The molecule has 1 aromatic heterocycles. The van der Waals surface area contributed by atoms with Gasteiger partial charge in [-0.05, 0) is 12.1 Å². The first kappa shape index (κ1) is 11.2. The van der Waals surface area contributed by atoms with Crippen molar-refractivity contribution in [3.05, 3.63) is 48.5 Å². The third-order valence-corrected chi connectivity index (χ3v) is 2.36. The Labute approximate surface area is 100 Å². The zero-order valence-corrected chi connectivity index (χ0v) is 9.67. The summed E-state index contributed by atoms with van der Waals surface area (Å²) >= 11 is 0. The Morgan fingerprint density at radius 3 is 2.82 bits per heavy atom. The molecule has 0 unspecified atom stereocenters. The quantitative estimate of drug-likeness (QED) is 0.616. The number of hydrogen-bond acceptors (Lipinski definition) is 2. The van der Waals surface area contributed by atoms with Gasteiger partial charge >= 0.3 is 0 Å². The molecule has 2 aromatic rings. The van der Waals surface area contributed by atoms with Gasteiger partial charge in [0.25, 0.3) is 0 Å². The van der Waals surface area contributed by atoms with Crippen LogP contribution in [0.3, 0.4) is 0 Å². The number of nitrogens with two attached hydrogens (primary N) is 1. The first-order valence-electron chi connectivity index (χ1n) is 5.34. The maximum absolute atomic E-state index is 5.77. The molecular weight excluding hydrogens is 214 g/mol. The Kier molecular flexibility index (Phi) is 3.40. The molecule has 1 heterocycles. The lowest BCUT2D eigenvalue weighted by atomic mass is 10.3. The fraction of sp³-hybridized carbons (Fsp3) is 0.167. The van der Waals surface area contributed by atoms with Gasteiger partial charge in [0.15, 0.2) is 5.96 Å². The van der Waals surface area contributed by atoms with E-state index in [-0.39, 0.29) is 0 Å². The van der Waals surface area contributed by atoms with Crippen molar-refractivity contribution < 1.29 is 0 Å². The highest BCUT2D eigenvalue weighted by Crippen LogP contribution is 2.04. The van der Waals surface area contributed by atoms with Gasteiger partial charge in [-0.1, -0.05) is 18.2 Å². The molecule has 0 bridgehead atoms. The largest absolute Gasteiger partial charge is 0.370 e. The molecule has 3 N–H and O–H groups in total. The first-order valence-corrected chi connectivity index (χ1v) is 5.34. The van der Waals surface area contributed by atoms with E-state index >= 15 is 0 Å². The minimum absolute atomic E-state index is 0.388. The van der Waals surface area contributed by atoms with Crippen molar-refractivity contribution in [3.63, 3.8) is 0 Å². The van der Waals surface area contributed by atoms with E-state index in [1.54, 1.807) is 6.20 Å². The molecule has 88 valence electrons. The van der Waals surface area contributed by atoms with Crippen LogP contribution in [0.2, 0.25) is 0 Å². The normalized spacial score (nSPS) is 11.5. The van der Waals surface area contributed by atoms with Gasteiger partial charge in [0.1, 0.15) is 12.4 Å². The molecule has 0 aliphatic carbocycles. The second kappa shape index (κ2) is 5.16. The van der Waals surface area contributed by atoms with Crippen LogP contribution >= 0.6 is 0 Å². The van der Waals surface area contributed by atoms with Crippen molar-refractivity contribution >= 4 is 11.6 Å². The van der Waals surface area contributed by atoms with E-state index in [1.165, 1.54) is 0 Å². The number of hydrogen-bond donors (Lipinski definition) is 2. The summed E-state index contributed by atoms with van der Waals surface area (Å²) in [6, 6.07) is 9.70. The van der Waals surface area contributed by atoms with E-state index in [2.05, 4.69) is 15.3 Å². The number of aromatic nitrogens is 2. The number of aliphatic imine (C=N–C) groups is 1. The Morgan fingerprint density at radius 2 is 2.18 bits per heavy atom. The average Bonchev–Trinajstić information content (AvgIpc) is 2.74. The SMILES string of the molecule is Cn1ccnc1CN=C(N)Nc1ccccc1. The van der Waals surface area contributed by atoms with Crippen LogP contribution in [0.5, 0.6) is 0 Å². The Hall–Kier alpha value is -2.30. The summed E-state index contributed by atoms with van der Waals surface area (Å²) in [7, 11) is 1.93. The molecule has 0 saturated heterocycles. The van der Waals surface area contributed by atoms with Gasteiger partial charge in [0.05, 0.1) is 0 Å². The highest BCUT2D eigenvalue weighted by molar-refractivity contribution is 5.92. The van der Waals surface area contributed by atoms with Crippen LogP contribution in [0.4, 0.5) is 5.69 Å². The summed E-state index contributed by atoms with van der Waals surface area (Å²) in [5.74, 6) is 1.27. The summed E-state index contributed by atoms with van der Waals surface area (Å²) in [6.45, 7) is 0.467. The number of anilines is 1. The first-order chi connectivity index (χ1) is 8.25. The number of rotatable bonds is 3. The van der Waals surface area contributed by atoms with Crippen LogP contribution < -0.4 is 11.1 Å². The molecule has 0 atom stereocenters. The van der Waals surface area contributed by atoms with Gasteiger partial charge in [-0.2, -0.15) is 0 Å². The second-order valence-corrected chi connectivity index (χ2v) is 3.65. The van der Waals surface area contributed by atoms with Crippen molar-refractivity contribution in [2.24, 2.45) is 17.8 Å². The maximum Gasteiger partial charge on any atom is 0.193 e. The van der Waals surface area contributed by atoms with Crippen molar-refractivity contribution in [2.45, 2.75) is 6.54 Å². The minimum Gasteiger partial charge on any atom is -0.370 e. The van der Waals surface area contributed by atoms with Gasteiger partial charge in [-0.25, -0.2) is 9.98 Å². The third kappa shape index (κ3) is 3.07. The molecule has 17 heavy (non-hydrogen) atoms. The molecule has 0 radical (unpaired) electrons. The summed E-state index contributed by atoms with van der Waals surface area (Å²) in [6.07, 6.45) is 3.62. The smallest absolute Gasteiger partial charge is 0.193 e. The fourth-order valence-electron chi connectivity index (χ4n) is 1.41. The van der Waals surface area contributed by atoms with Crippen molar-refractivity contribution in [2.75, 3.05) is 5.32 Å². The van der Waals surface area contributed by atoms with E-state index in [9.17, 15) is 0 Å². The van der Waals surface area contributed by atoms with E-state index in [1.807, 2.05) is 48.1 Å². The van der Waals surface area contributed by atoms with Crippen molar-refractivity contribution in [3.8, 4) is 0 Å². The lowest BCUT2D eigenvalue weighted by molar-refractivity contribution is 0.793. The highest BCUT2D eigenvalue weighted by atomic mass is 15.1. The predicted octanol–water partition coefficient (Wildman–Crippen LogP) is 1.35. The van der Waals surface area contributed by atoms with Gasteiger partial charge in [0, 0.05) is 25.1 Å². The molecule has 0 spiro atoms. The molecule has 0 amide bonds. The van der Waals surface area contributed by atoms with Gasteiger partial charge < -0.3 is 15.6 Å². The van der Waals surface area contributed by atoms with Crippen LogP contribution in [0.15, 0.2) is 47.7 Å². The van der Waals surface area contributed by atoms with Gasteiger partial charge in [-0.15, -0.1) is 0 Å². The van der Waals surface area contributed by atoms with Crippen LogP contribution in [-0.4, -0.2) is 15.5 Å². The number of imidazole rings is 1. The Balaban J connectivity index is 1.97. The maximum atomic E-state index is 5.77. The number of nitrogens with one attached hydrogen (secondary N) is 1. The summed E-state index contributed by atoms with van der Waals surface area (Å²) < 4.78 is 1.92. The highest BCUT2D eigenvalue weighted by Gasteiger charge is 1.98. The number of para-hydroxylation sites is 1. The topological polar surface area (TPSA) is 68.2 Å². The molecule has 0 saturated carbocycles. The lowest BCUT2D eigenvalue weighted by Gasteiger charge is -2.05. The van der Waals surface area contributed by atoms with Crippen LogP contribution in [0.25, 0.3) is 0 Å². The molecule has 5 heteroatoms. The number of nitrogens with zero attached hydrogens (tertiary/aromatic N) is 3. The van der Waals surface area contributed by atoms with Gasteiger partial charge in [0.2, 0.25) is 0 Å². The zero-order valence-electron chi connectivity index (χ0n) is 9.67. The van der Waals surface area contributed by atoms with Crippen molar-refractivity contribution in [1.29, 1.82) is 0 Å². The summed E-state index contributed by atoms with van der Waals surface area (Å²) in [5, 5.41) is 3.01. The fourth-order valence-corrected chi connectivity index (χ4v) is 1.41. The van der Waals surface area contributed by atoms with E-state index in [0.717, 1.165) is 11.5 Å². The molecule has 5 nitrogen and oxygen atoms in total. The molecular formula is C12H15N5. The molecule has 0 aliphatic rings. The van der Waals surface area contributed by atoms with Crippen LogP contribution in [0, 0.1) is 0 Å². The standard InChI is InChI=1S/C12H15N5/c1-17-8-7-14-11(17)9-15-12(13)16-10-5-3-2-4-6-10/h2-8H,9H2,1H3,(H3,13,15,16). The minimum atomic E-state index is 0.388. The monoisotopic (exact) mass is 229 g/mol. The number of guanidine groups is 1. The number of benzene rings is 1. The van der Waals surface area contributed by atoms with Gasteiger partial charge in [-0.3, -0.25) is 0 Å². The summed E-state index contributed by atoms with van der Waals surface area (Å²) in [4.78, 5) is 8.39. The van der Waals surface area contributed by atoms with E-state index in [0.29, 0.717) is 12.5 Å².